The van der Waals surface area contributed by atoms with E-state index >= 15 is 0 Å². The van der Waals surface area contributed by atoms with Gasteiger partial charge in [-0.05, 0) is 30.9 Å². The molecule has 1 heterocycles. The van der Waals surface area contributed by atoms with Crippen LogP contribution in [0.3, 0.4) is 0 Å². The second-order valence-corrected chi connectivity index (χ2v) is 4.99. The predicted octanol–water partition coefficient (Wildman–Crippen LogP) is 2.95. The highest BCUT2D eigenvalue weighted by Crippen LogP contribution is 2.18. The maximum absolute atomic E-state index is 4.93. The van der Waals surface area contributed by atoms with E-state index in [-0.39, 0.29) is 6.04 Å². The standard InChI is InChI=1S/C13H17N3OS/c1-9(11-4-6-12(18-3)7-5-11)14-8-13-15-10(2)17-16-13/h4-7,9,14H,8H2,1-3H3. The molecule has 4 nitrogen and oxygen atoms in total. The molecule has 0 saturated heterocycles. The van der Waals surface area contributed by atoms with Crippen molar-refractivity contribution in [3.63, 3.8) is 0 Å². The Balaban J connectivity index is 1.92. The molecule has 1 aromatic carbocycles. The van der Waals surface area contributed by atoms with Crippen LogP contribution in [0.15, 0.2) is 33.7 Å². The van der Waals surface area contributed by atoms with Gasteiger partial charge in [-0.15, -0.1) is 11.8 Å². The first-order chi connectivity index (χ1) is 8.69. The van der Waals surface area contributed by atoms with E-state index in [0.717, 1.165) is 0 Å². The van der Waals surface area contributed by atoms with Crippen molar-refractivity contribution in [2.75, 3.05) is 6.26 Å². The quantitative estimate of drug-likeness (QED) is 0.840. The van der Waals surface area contributed by atoms with E-state index in [9.17, 15) is 0 Å². The van der Waals surface area contributed by atoms with Crippen molar-refractivity contribution < 1.29 is 4.52 Å². The smallest absolute Gasteiger partial charge is 0.223 e. The largest absolute Gasteiger partial charge is 0.340 e. The van der Waals surface area contributed by atoms with Crippen molar-refractivity contribution in [2.24, 2.45) is 0 Å². The number of thioether (sulfide) groups is 1. The molecule has 0 fully saturated rings. The second kappa shape index (κ2) is 6.02. The Hall–Kier alpha value is -1.33. The molecule has 96 valence electrons. The summed E-state index contributed by atoms with van der Waals surface area (Å²) in [5, 5.41) is 7.23. The first-order valence-electron chi connectivity index (χ1n) is 5.85. The zero-order valence-electron chi connectivity index (χ0n) is 10.8. The Morgan fingerprint density at radius 1 is 1.33 bits per heavy atom. The van der Waals surface area contributed by atoms with Crippen LogP contribution in [0.5, 0.6) is 0 Å². The predicted molar refractivity (Wildman–Crippen MR) is 72.5 cm³/mol. The summed E-state index contributed by atoms with van der Waals surface area (Å²) in [6, 6.07) is 8.82. The molecule has 2 rings (SSSR count). The van der Waals surface area contributed by atoms with Crippen LogP contribution in [0.1, 0.15) is 30.2 Å². The molecule has 18 heavy (non-hydrogen) atoms. The summed E-state index contributed by atoms with van der Waals surface area (Å²) < 4.78 is 4.93. The van der Waals surface area contributed by atoms with E-state index in [1.807, 2.05) is 0 Å². The van der Waals surface area contributed by atoms with Crippen molar-refractivity contribution in [3.8, 4) is 0 Å². The van der Waals surface area contributed by atoms with E-state index in [1.165, 1.54) is 10.5 Å². The summed E-state index contributed by atoms with van der Waals surface area (Å²) in [4.78, 5) is 5.44. The molecule has 1 aromatic heterocycles. The molecule has 2 aromatic rings. The van der Waals surface area contributed by atoms with Gasteiger partial charge in [0, 0.05) is 17.9 Å². The summed E-state index contributed by atoms with van der Waals surface area (Å²) in [5.41, 5.74) is 1.26. The van der Waals surface area contributed by atoms with E-state index in [1.54, 1.807) is 18.7 Å². The van der Waals surface area contributed by atoms with Gasteiger partial charge in [-0.2, -0.15) is 4.98 Å². The highest BCUT2D eigenvalue weighted by atomic mass is 32.2. The number of benzene rings is 1. The summed E-state index contributed by atoms with van der Waals surface area (Å²) in [6.45, 7) is 4.53. The third kappa shape index (κ3) is 3.34. The summed E-state index contributed by atoms with van der Waals surface area (Å²) in [6.07, 6.45) is 2.08. The molecular weight excluding hydrogens is 246 g/mol. The van der Waals surface area contributed by atoms with Crippen molar-refractivity contribution in [1.29, 1.82) is 0 Å². The molecule has 1 N–H and O–H groups in total. The number of nitrogens with zero attached hydrogens (tertiary/aromatic N) is 2. The Kier molecular flexibility index (Phi) is 4.38. The van der Waals surface area contributed by atoms with Gasteiger partial charge in [0.2, 0.25) is 5.89 Å². The zero-order valence-corrected chi connectivity index (χ0v) is 11.6. The van der Waals surface area contributed by atoms with Crippen LogP contribution in [-0.4, -0.2) is 16.4 Å². The van der Waals surface area contributed by atoms with Gasteiger partial charge in [-0.3, -0.25) is 0 Å². The van der Waals surface area contributed by atoms with Crippen LogP contribution >= 0.6 is 11.8 Å². The monoisotopic (exact) mass is 263 g/mol. The van der Waals surface area contributed by atoms with Gasteiger partial charge in [0.1, 0.15) is 0 Å². The van der Waals surface area contributed by atoms with Gasteiger partial charge >= 0.3 is 0 Å². The fourth-order valence-electron chi connectivity index (χ4n) is 1.67. The molecule has 0 aliphatic carbocycles. The highest BCUT2D eigenvalue weighted by molar-refractivity contribution is 7.98. The molecule has 0 amide bonds. The lowest BCUT2D eigenvalue weighted by atomic mass is 10.1. The number of nitrogens with one attached hydrogen (secondary N) is 1. The average molecular weight is 263 g/mol. The van der Waals surface area contributed by atoms with E-state index in [4.69, 9.17) is 4.52 Å². The van der Waals surface area contributed by atoms with Crippen LogP contribution in [-0.2, 0) is 6.54 Å². The fraction of sp³-hybridized carbons (Fsp3) is 0.385. The highest BCUT2D eigenvalue weighted by Gasteiger charge is 2.07. The molecule has 0 aliphatic rings. The van der Waals surface area contributed by atoms with Crippen LogP contribution in [0, 0.1) is 6.92 Å². The van der Waals surface area contributed by atoms with E-state index in [0.29, 0.717) is 18.3 Å². The van der Waals surface area contributed by atoms with Crippen molar-refractivity contribution in [3.05, 3.63) is 41.5 Å². The summed E-state index contributed by atoms with van der Waals surface area (Å²) in [5.74, 6) is 1.30. The van der Waals surface area contributed by atoms with E-state index < -0.39 is 0 Å². The molecule has 0 radical (unpaired) electrons. The van der Waals surface area contributed by atoms with Crippen LogP contribution < -0.4 is 5.32 Å². The lowest BCUT2D eigenvalue weighted by molar-refractivity contribution is 0.384. The zero-order chi connectivity index (χ0) is 13.0. The van der Waals surface area contributed by atoms with Gasteiger partial charge < -0.3 is 9.84 Å². The number of rotatable bonds is 5. The summed E-state index contributed by atoms with van der Waals surface area (Å²) >= 11 is 1.75. The molecular formula is C13H17N3OS. The van der Waals surface area contributed by atoms with Gasteiger partial charge in [-0.25, -0.2) is 0 Å². The van der Waals surface area contributed by atoms with Crippen molar-refractivity contribution in [1.82, 2.24) is 15.5 Å². The number of aryl methyl sites for hydroxylation is 1. The second-order valence-electron chi connectivity index (χ2n) is 4.11. The van der Waals surface area contributed by atoms with Crippen LogP contribution in [0.25, 0.3) is 0 Å². The third-order valence-electron chi connectivity index (χ3n) is 2.75. The first-order valence-corrected chi connectivity index (χ1v) is 7.08. The molecule has 1 atom stereocenters. The van der Waals surface area contributed by atoms with Crippen molar-refractivity contribution in [2.45, 2.75) is 31.3 Å². The minimum Gasteiger partial charge on any atom is -0.340 e. The molecule has 0 spiro atoms. The maximum Gasteiger partial charge on any atom is 0.223 e. The minimum absolute atomic E-state index is 0.264. The van der Waals surface area contributed by atoms with Gasteiger partial charge in [0.25, 0.3) is 0 Å². The lowest BCUT2D eigenvalue weighted by Gasteiger charge is -2.13. The minimum atomic E-state index is 0.264. The van der Waals surface area contributed by atoms with Gasteiger partial charge in [0.05, 0.1) is 6.54 Å². The molecule has 0 saturated carbocycles. The first kappa shape index (κ1) is 13.1. The van der Waals surface area contributed by atoms with Crippen molar-refractivity contribution >= 4 is 11.8 Å². The molecule has 0 aliphatic heterocycles. The normalized spacial score (nSPS) is 12.6. The third-order valence-corrected chi connectivity index (χ3v) is 3.50. The number of hydrogen-bond donors (Lipinski definition) is 1. The molecule has 0 bridgehead atoms. The van der Waals surface area contributed by atoms with Crippen LogP contribution in [0.2, 0.25) is 0 Å². The fourth-order valence-corrected chi connectivity index (χ4v) is 2.08. The van der Waals surface area contributed by atoms with E-state index in [2.05, 4.69) is 52.9 Å². The molecule has 1 unspecified atom stereocenters. The Bertz CT molecular complexity index is 495. The van der Waals surface area contributed by atoms with Gasteiger partial charge in [-0.1, -0.05) is 17.3 Å². The maximum atomic E-state index is 4.93. The number of hydrogen-bond acceptors (Lipinski definition) is 5. The number of aromatic nitrogens is 2. The van der Waals surface area contributed by atoms with Crippen LogP contribution in [0.4, 0.5) is 0 Å². The Morgan fingerprint density at radius 3 is 2.61 bits per heavy atom. The lowest BCUT2D eigenvalue weighted by Crippen LogP contribution is -2.18. The average Bonchev–Trinajstić information content (AvgIpc) is 2.82. The summed E-state index contributed by atoms with van der Waals surface area (Å²) in [7, 11) is 0. The topological polar surface area (TPSA) is 51.0 Å². The Labute approximate surface area is 111 Å². The van der Waals surface area contributed by atoms with Gasteiger partial charge in [0.15, 0.2) is 5.82 Å². The molecule has 5 heteroatoms. The Morgan fingerprint density at radius 2 is 2.06 bits per heavy atom. The SMILES string of the molecule is CSc1ccc(C(C)NCc2noc(C)n2)cc1.